The van der Waals surface area contributed by atoms with Crippen LogP contribution in [0.2, 0.25) is 0 Å². The van der Waals surface area contributed by atoms with Gasteiger partial charge in [-0.2, -0.15) is 0 Å². The number of methoxy groups -OCH3 is 1. The Morgan fingerprint density at radius 3 is 2.61 bits per heavy atom. The summed E-state index contributed by atoms with van der Waals surface area (Å²) in [6.45, 7) is 0. The van der Waals surface area contributed by atoms with Crippen molar-refractivity contribution >= 4 is 43.8 Å². The third kappa shape index (κ3) is 3.99. The summed E-state index contributed by atoms with van der Waals surface area (Å²) < 4.78 is 9.20. The number of phenolic OH excluding ortho intramolecular Hbond substituents is 1. The lowest BCUT2D eigenvalue weighted by Crippen LogP contribution is -2.11. The molecule has 0 atom stereocenters. The zero-order valence-corrected chi connectivity index (χ0v) is 12.5. The van der Waals surface area contributed by atoms with Crippen LogP contribution in [0.15, 0.2) is 18.2 Å². The Morgan fingerprint density at radius 2 is 2.06 bits per heavy atom. The molecule has 1 rings (SSSR count). The monoisotopic (exact) mass is 380 g/mol. The predicted octanol–water partition coefficient (Wildman–Crippen LogP) is 2.59. The molecule has 0 heterocycles. The highest BCUT2D eigenvalue weighted by Crippen LogP contribution is 2.30. The molecule has 0 aliphatic rings. The van der Waals surface area contributed by atoms with Crippen molar-refractivity contribution in [1.29, 1.82) is 0 Å². The summed E-state index contributed by atoms with van der Waals surface area (Å²) in [7, 11) is 1.20. The molecule has 0 radical (unpaired) electrons. The molecule has 18 heavy (non-hydrogen) atoms. The van der Waals surface area contributed by atoms with Gasteiger partial charge in [0.25, 0.3) is 0 Å². The Bertz CT molecular complexity index is 459. The quantitative estimate of drug-likeness (QED) is 0.493. The maximum absolute atomic E-state index is 11.4. The largest absolute Gasteiger partial charge is 0.504 e. The average Bonchev–Trinajstić information content (AvgIpc) is 2.30. The van der Waals surface area contributed by atoms with Gasteiger partial charge in [-0.3, -0.25) is 4.79 Å². The fourth-order valence-corrected chi connectivity index (χ4v) is 1.70. The van der Waals surface area contributed by atoms with Gasteiger partial charge in [-0.25, -0.2) is 4.79 Å². The van der Waals surface area contributed by atoms with Gasteiger partial charge in [0.1, 0.15) is 5.56 Å². The van der Waals surface area contributed by atoms with E-state index in [0.717, 1.165) is 0 Å². The molecule has 7 heteroatoms. The van der Waals surface area contributed by atoms with E-state index in [4.69, 9.17) is 4.74 Å². The van der Waals surface area contributed by atoms with E-state index in [2.05, 4.69) is 36.6 Å². The van der Waals surface area contributed by atoms with Crippen LogP contribution in [0.4, 0.5) is 0 Å². The topological polar surface area (TPSA) is 72.8 Å². The van der Waals surface area contributed by atoms with E-state index in [1.165, 1.54) is 25.3 Å². The maximum Gasteiger partial charge on any atom is 0.341 e. The summed E-state index contributed by atoms with van der Waals surface area (Å²) >= 11 is 6.27. The molecule has 0 saturated heterocycles. The molecule has 0 fully saturated rings. The van der Waals surface area contributed by atoms with Crippen LogP contribution >= 0.6 is 31.9 Å². The summed E-state index contributed by atoms with van der Waals surface area (Å²) in [5.74, 6) is -1.75. The lowest BCUT2D eigenvalue weighted by atomic mass is 10.2. The Labute approximate surface area is 120 Å². The Hall–Kier alpha value is -1.08. The molecule has 1 N–H and O–H groups in total. The highest BCUT2D eigenvalue weighted by atomic mass is 79.9. The van der Waals surface area contributed by atoms with Crippen molar-refractivity contribution in [3.05, 3.63) is 23.8 Å². The van der Waals surface area contributed by atoms with Crippen LogP contribution in [0.3, 0.4) is 0 Å². The Kier molecular flexibility index (Phi) is 5.61. The van der Waals surface area contributed by atoms with E-state index in [9.17, 15) is 14.7 Å². The fourth-order valence-electron chi connectivity index (χ4n) is 1.17. The number of phenols is 1. The number of hydrogen-bond acceptors (Lipinski definition) is 5. The van der Waals surface area contributed by atoms with Crippen LogP contribution in [0.25, 0.3) is 0 Å². The lowest BCUT2D eigenvalue weighted by molar-refractivity contribution is -0.134. The first-order chi connectivity index (χ1) is 8.45. The zero-order chi connectivity index (χ0) is 13.7. The molecule has 0 unspecified atom stereocenters. The number of carbonyl (C=O) groups excluding carboxylic acids is 2. The molecule has 0 saturated carbocycles. The molecule has 0 amide bonds. The van der Waals surface area contributed by atoms with Crippen LogP contribution in [0.1, 0.15) is 16.8 Å². The first kappa shape index (κ1) is 15.0. The van der Waals surface area contributed by atoms with Crippen LogP contribution < -0.4 is 4.74 Å². The van der Waals surface area contributed by atoms with Crippen molar-refractivity contribution < 1.29 is 24.2 Å². The van der Waals surface area contributed by atoms with Crippen molar-refractivity contribution in [3.63, 3.8) is 0 Å². The first-order valence-electron chi connectivity index (χ1n) is 4.84. The molecule has 1 aromatic rings. The van der Waals surface area contributed by atoms with Crippen LogP contribution in [-0.2, 0) is 9.53 Å². The number of rotatable bonds is 4. The van der Waals surface area contributed by atoms with Gasteiger partial charge < -0.3 is 14.6 Å². The van der Waals surface area contributed by atoms with E-state index in [-0.39, 0.29) is 21.5 Å². The SMILES string of the molecule is COC(=O)c1cccc(OC(=O)CC(Br)Br)c1O. The average molecular weight is 382 g/mol. The fraction of sp³-hybridized carbons (Fsp3) is 0.273. The Balaban J connectivity index is 2.91. The second-order valence-electron chi connectivity index (χ2n) is 3.21. The van der Waals surface area contributed by atoms with Gasteiger partial charge in [0, 0.05) is 0 Å². The van der Waals surface area contributed by atoms with Crippen molar-refractivity contribution in [3.8, 4) is 11.5 Å². The normalized spacial score (nSPS) is 10.2. The van der Waals surface area contributed by atoms with E-state index >= 15 is 0 Å². The molecule has 0 bridgehead atoms. The number of benzene rings is 1. The second kappa shape index (κ2) is 6.75. The van der Waals surface area contributed by atoms with Crippen molar-refractivity contribution in [1.82, 2.24) is 0 Å². The third-order valence-electron chi connectivity index (χ3n) is 1.95. The van der Waals surface area contributed by atoms with Gasteiger partial charge in [-0.15, -0.1) is 0 Å². The van der Waals surface area contributed by atoms with E-state index in [1.807, 2.05) is 0 Å². The minimum atomic E-state index is -0.704. The van der Waals surface area contributed by atoms with E-state index in [1.54, 1.807) is 0 Å². The van der Waals surface area contributed by atoms with Gasteiger partial charge in [0.15, 0.2) is 11.5 Å². The molecule has 0 aliphatic carbocycles. The highest BCUT2D eigenvalue weighted by molar-refractivity contribution is 9.24. The van der Waals surface area contributed by atoms with Gasteiger partial charge in [0.2, 0.25) is 0 Å². The molecule has 5 nitrogen and oxygen atoms in total. The number of carbonyl (C=O) groups is 2. The smallest absolute Gasteiger partial charge is 0.341 e. The molecular formula is C11H10Br2O5. The van der Waals surface area contributed by atoms with E-state index < -0.39 is 17.7 Å². The van der Waals surface area contributed by atoms with Gasteiger partial charge in [0.05, 0.1) is 17.3 Å². The molecule has 0 aromatic heterocycles. The first-order valence-corrected chi connectivity index (χ1v) is 6.68. The number of ether oxygens (including phenoxy) is 2. The molecule has 1 aromatic carbocycles. The van der Waals surface area contributed by atoms with Crippen LogP contribution in [-0.4, -0.2) is 27.9 Å². The summed E-state index contributed by atoms with van der Waals surface area (Å²) in [6.07, 6.45) is 0.0713. The minimum absolute atomic E-state index is 0.0583. The Morgan fingerprint density at radius 1 is 1.39 bits per heavy atom. The van der Waals surface area contributed by atoms with Gasteiger partial charge >= 0.3 is 11.9 Å². The number of para-hydroxylation sites is 1. The van der Waals surface area contributed by atoms with Gasteiger partial charge in [-0.1, -0.05) is 37.9 Å². The molecule has 0 aliphatic heterocycles. The van der Waals surface area contributed by atoms with Crippen LogP contribution in [0.5, 0.6) is 11.5 Å². The summed E-state index contributed by atoms with van der Waals surface area (Å²) in [5.41, 5.74) is -0.0583. The minimum Gasteiger partial charge on any atom is -0.504 e. The number of alkyl halides is 2. The number of hydrogen-bond donors (Lipinski definition) is 1. The number of esters is 2. The highest BCUT2D eigenvalue weighted by Gasteiger charge is 2.18. The summed E-state index contributed by atoms with van der Waals surface area (Å²) in [4.78, 5) is 22.7. The third-order valence-corrected chi connectivity index (χ3v) is 2.60. The van der Waals surface area contributed by atoms with Crippen molar-refractivity contribution in [2.45, 2.75) is 10.2 Å². The number of aromatic hydroxyl groups is 1. The molecule has 98 valence electrons. The standard InChI is InChI=1S/C11H10Br2O5/c1-17-11(16)6-3-2-4-7(10(6)15)18-9(14)5-8(12)13/h2-4,8,15H,5H2,1H3. The van der Waals surface area contributed by atoms with Crippen molar-refractivity contribution in [2.24, 2.45) is 0 Å². The van der Waals surface area contributed by atoms with Gasteiger partial charge in [-0.05, 0) is 12.1 Å². The maximum atomic E-state index is 11.4. The molecular weight excluding hydrogens is 372 g/mol. The predicted molar refractivity (Wildman–Crippen MR) is 71.3 cm³/mol. The summed E-state index contributed by atoms with van der Waals surface area (Å²) in [5, 5.41) is 9.77. The number of halogens is 2. The van der Waals surface area contributed by atoms with Crippen molar-refractivity contribution in [2.75, 3.05) is 7.11 Å². The second-order valence-corrected chi connectivity index (χ2v) is 6.65. The van der Waals surface area contributed by atoms with E-state index in [0.29, 0.717) is 0 Å². The summed E-state index contributed by atoms with van der Waals surface area (Å²) in [6, 6.07) is 4.24. The van der Waals surface area contributed by atoms with Crippen LogP contribution in [0, 0.1) is 0 Å². The zero-order valence-electron chi connectivity index (χ0n) is 9.35. The lowest BCUT2D eigenvalue weighted by Gasteiger charge is -2.09. The molecule has 0 spiro atoms.